The van der Waals surface area contributed by atoms with Crippen LogP contribution in [0.15, 0.2) is 18.5 Å². The van der Waals surface area contributed by atoms with Crippen molar-refractivity contribution in [2.75, 3.05) is 13.7 Å². The highest BCUT2D eigenvalue weighted by molar-refractivity contribution is 5.07. The molecule has 0 amide bonds. The van der Waals surface area contributed by atoms with E-state index in [1.54, 1.807) is 0 Å². The molecule has 3 N–H and O–H groups in total. The smallest absolute Gasteiger partial charge is 0.0455 e. The van der Waals surface area contributed by atoms with Crippen LogP contribution in [0.1, 0.15) is 5.56 Å². The van der Waals surface area contributed by atoms with Gasteiger partial charge in [-0.25, -0.2) is 0 Å². The van der Waals surface area contributed by atoms with E-state index in [1.165, 1.54) is 5.56 Å². The van der Waals surface area contributed by atoms with Crippen molar-refractivity contribution in [1.29, 1.82) is 0 Å². The summed E-state index contributed by atoms with van der Waals surface area (Å²) in [6.07, 6.45) is 3.89. The fourth-order valence-electron chi connectivity index (χ4n) is 0.833. The summed E-state index contributed by atoms with van der Waals surface area (Å²) in [5.41, 5.74) is 6.68. The molecule has 1 rings (SSSR count). The molecule has 0 aromatic carbocycles. The lowest BCUT2D eigenvalue weighted by Gasteiger charge is -2.11. The molecule has 1 aromatic rings. The maximum Gasteiger partial charge on any atom is 0.0455 e. The van der Waals surface area contributed by atoms with Gasteiger partial charge in [0.25, 0.3) is 0 Å². The van der Waals surface area contributed by atoms with Gasteiger partial charge in [-0.05, 0) is 18.7 Å². The van der Waals surface area contributed by atoms with E-state index in [0.29, 0.717) is 6.67 Å². The lowest BCUT2D eigenvalue weighted by atomic mass is 10.3. The van der Waals surface area contributed by atoms with Crippen molar-refractivity contribution in [2.45, 2.75) is 6.54 Å². The van der Waals surface area contributed by atoms with E-state index in [2.05, 4.69) is 4.98 Å². The van der Waals surface area contributed by atoms with Crippen LogP contribution in [0.4, 0.5) is 0 Å². The number of nitrogens with zero attached hydrogens (tertiary/aromatic N) is 1. The molecule has 3 heteroatoms. The molecule has 0 atom stereocenters. The Labute approximate surface area is 60.8 Å². The van der Waals surface area contributed by atoms with Gasteiger partial charge in [0.15, 0.2) is 0 Å². The van der Waals surface area contributed by atoms with Crippen molar-refractivity contribution in [3.63, 3.8) is 0 Å². The number of hydrogen-bond acceptors (Lipinski definition) is 2. The summed E-state index contributed by atoms with van der Waals surface area (Å²) in [5.74, 6) is 0. The summed E-state index contributed by atoms with van der Waals surface area (Å²) >= 11 is 0. The molecule has 0 bridgehead atoms. The third-order valence-electron chi connectivity index (χ3n) is 1.43. The van der Waals surface area contributed by atoms with E-state index in [0.717, 1.165) is 6.54 Å². The van der Waals surface area contributed by atoms with Crippen LogP contribution in [0, 0.1) is 0 Å². The topological polar surface area (TPSA) is 45.0 Å². The van der Waals surface area contributed by atoms with Gasteiger partial charge in [0, 0.05) is 25.6 Å². The van der Waals surface area contributed by atoms with Crippen molar-refractivity contribution in [2.24, 2.45) is 5.73 Å². The van der Waals surface area contributed by atoms with Crippen LogP contribution in [0.2, 0.25) is 0 Å². The molecule has 0 aliphatic carbocycles. The largest absolute Gasteiger partial charge is 0.367 e. The zero-order valence-electron chi connectivity index (χ0n) is 6.17. The molecule has 0 aliphatic rings. The van der Waals surface area contributed by atoms with Gasteiger partial charge in [-0.1, -0.05) is 0 Å². The molecule has 0 spiro atoms. The molecule has 0 fully saturated rings. The molecule has 0 saturated carbocycles. The van der Waals surface area contributed by atoms with E-state index in [1.807, 2.05) is 30.4 Å². The molecule has 56 valence electrons. The highest BCUT2D eigenvalue weighted by Crippen LogP contribution is 1.98. The third-order valence-corrected chi connectivity index (χ3v) is 1.43. The van der Waals surface area contributed by atoms with Gasteiger partial charge < -0.3 is 10.7 Å². The first kappa shape index (κ1) is 7.31. The average molecular weight is 139 g/mol. The highest BCUT2D eigenvalue weighted by atomic mass is 15.1. The predicted octanol–water partition coefficient (Wildman–Crippen LogP) is 0.363. The van der Waals surface area contributed by atoms with E-state index in [9.17, 15) is 0 Å². The summed E-state index contributed by atoms with van der Waals surface area (Å²) in [6.45, 7) is 1.52. The van der Waals surface area contributed by atoms with E-state index in [4.69, 9.17) is 5.73 Å². The monoisotopic (exact) mass is 139 g/mol. The summed E-state index contributed by atoms with van der Waals surface area (Å²) in [6, 6.07) is 2.05. The summed E-state index contributed by atoms with van der Waals surface area (Å²) in [5, 5.41) is 0. The van der Waals surface area contributed by atoms with Gasteiger partial charge in [-0.3, -0.25) is 4.90 Å². The average Bonchev–Trinajstić information content (AvgIpc) is 2.40. The minimum Gasteiger partial charge on any atom is -0.367 e. The molecule has 0 radical (unpaired) electrons. The van der Waals surface area contributed by atoms with Gasteiger partial charge >= 0.3 is 0 Å². The van der Waals surface area contributed by atoms with Crippen molar-refractivity contribution < 1.29 is 0 Å². The van der Waals surface area contributed by atoms with Crippen molar-refractivity contribution in [1.82, 2.24) is 9.88 Å². The Morgan fingerprint density at radius 3 is 3.00 bits per heavy atom. The molecular formula is C7H13N3. The summed E-state index contributed by atoms with van der Waals surface area (Å²) < 4.78 is 0. The maximum absolute atomic E-state index is 5.40. The molecule has 3 nitrogen and oxygen atoms in total. The van der Waals surface area contributed by atoms with Crippen molar-refractivity contribution in [3.05, 3.63) is 24.0 Å². The zero-order valence-corrected chi connectivity index (χ0v) is 6.17. The van der Waals surface area contributed by atoms with Crippen molar-refractivity contribution in [3.8, 4) is 0 Å². The summed E-state index contributed by atoms with van der Waals surface area (Å²) in [7, 11) is 1.99. The Morgan fingerprint density at radius 1 is 1.70 bits per heavy atom. The zero-order chi connectivity index (χ0) is 7.40. The van der Waals surface area contributed by atoms with E-state index >= 15 is 0 Å². The molecule has 0 saturated heterocycles. The number of rotatable bonds is 3. The second-order valence-corrected chi connectivity index (χ2v) is 2.42. The first-order valence-corrected chi connectivity index (χ1v) is 3.33. The van der Waals surface area contributed by atoms with Crippen LogP contribution in [0.3, 0.4) is 0 Å². The Kier molecular flexibility index (Phi) is 2.48. The molecular weight excluding hydrogens is 126 g/mol. The Morgan fingerprint density at radius 2 is 2.50 bits per heavy atom. The molecule has 1 aromatic heterocycles. The Bertz CT molecular complexity index is 169. The van der Waals surface area contributed by atoms with E-state index in [-0.39, 0.29) is 0 Å². The number of nitrogens with two attached hydrogens (primary N) is 1. The number of nitrogens with one attached hydrogen (secondary N) is 1. The molecule has 1 heterocycles. The number of aromatic amines is 1. The van der Waals surface area contributed by atoms with E-state index < -0.39 is 0 Å². The first-order valence-electron chi connectivity index (χ1n) is 3.33. The van der Waals surface area contributed by atoms with Gasteiger partial charge in [0.05, 0.1) is 0 Å². The van der Waals surface area contributed by atoms with Crippen molar-refractivity contribution >= 4 is 0 Å². The normalized spacial score (nSPS) is 10.7. The predicted molar refractivity (Wildman–Crippen MR) is 41.3 cm³/mol. The van der Waals surface area contributed by atoms with Crippen LogP contribution in [0.5, 0.6) is 0 Å². The lowest BCUT2D eigenvalue weighted by Crippen LogP contribution is -2.24. The molecule has 0 aliphatic heterocycles. The minimum absolute atomic E-state index is 0.602. The number of H-pyrrole nitrogens is 1. The van der Waals surface area contributed by atoms with Crippen LogP contribution in [-0.2, 0) is 6.54 Å². The quantitative estimate of drug-likeness (QED) is 0.594. The van der Waals surface area contributed by atoms with Crippen LogP contribution in [0.25, 0.3) is 0 Å². The maximum atomic E-state index is 5.40. The second kappa shape index (κ2) is 3.39. The SMILES string of the molecule is CN(CN)Cc1cc[nH]c1. The van der Waals surface area contributed by atoms with Crippen LogP contribution in [-0.4, -0.2) is 23.6 Å². The molecule has 10 heavy (non-hydrogen) atoms. The minimum atomic E-state index is 0.602. The Hall–Kier alpha value is -0.800. The van der Waals surface area contributed by atoms with Gasteiger partial charge in [0.1, 0.15) is 0 Å². The summed E-state index contributed by atoms with van der Waals surface area (Å²) in [4.78, 5) is 5.04. The Balaban J connectivity index is 2.40. The first-order chi connectivity index (χ1) is 4.83. The fourth-order valence-corrected chi connectivity index (χ4v) is 0.833. The lowest BCUT2D eigenvalue weighted by molar-refractivity contribution is 0.337. The number of aromatic nitrogens is 1. The van der Waals surface area contributed by atoms with Crippen LogP contribution < -0.4 is 5.73 Å². The van der Waals surface area contributed by atoms with Gasteiger partial charge in [-0.15, -0.1) is 0 Å². The van der Waals surface area contributed by atoms with Gasteiger partial charge in [0.2, 0.25) is 0 Å². The van der Waals surface area contributed by atoms with Gasteiger partial charge in [-0.2, -0.15) is 0 Å². The molecule has 0 unspecified atom stereocenters. The second-order valence-electron chi connectivity index (χ2n) is 2.42. The standard InChI is InChI=1S/C7H13N3/c1-10(6-8)5-7-2-3-9-4-7/h2-4,9H,5-6,8H2,1H3. The van der Waals surface area contributed by atoms with Crippen LogP contribution >= 0.6 is 0 Å². The fraction of sp³-hybridized carbons (Fsp3) is 0.429. The highest BCUT2D eigenvalue weighted by Gasteiger charge is 1.95. The third kappa shape index (κ3) is 1.86. The number of hydrogen-bond donors (Lipinski definition) is 2.